The number of allylic oxidation sites excluding steroid dienone is 6. The van der Waals surface area contributed by atoms with Gasteiger partial charge in [-0.2, -0.15) is 0 Å². The SMILES string of the molecule is [C-]#[N+]C(C)=C1/C(=C/c2cc3c(s2)-c2cc4c(cc2C3(c2ccc(C)cc2)c2ccc(C)cc2)-c2sc(/C=C3\C(=O)c5ccccc5\C3=C(\C#N)[N+]#[C-])cc2C4(c2ccc(C)cc2)c2ccc(C)cc2)C(=O)c2ccccc21. The van der Waals surface area contributed by atoms with Crippen molar-refractivity contribution in [2.24, 2.45) is 0 Å². The first kappa shape index (κ1) is 47.4. The molecule has 0 atom stereocenters. The Morgan fingerprint density at radius 3 is 1.17 bits per heavy atom. The van der Waals surface area contributed by atoms with Crippen LogP contribution in [-0.2, 0) is 10.8 Å². The second-order valence-electron chi connectivity index (χ2n) is 20.6. The van der Waals surface area contributed by atoms with Gasteiger partial charge in [0, 0.05) is 47.4 Å². The number of fused-ring (bicyclic) bond motifs is 8. The van der Waals surface area contributed by atoms with E-state index < -0.39 is 10.8 Å². The van der Waals surface area contributed by atoms with Gasteiger partial charge in [-0.05, 0) is 143 Å². The molecule has 0 spiro atoms. The molecule has 0 radical (unpaired) electrons. The summed E-state index contributed by atoms with van der Waals surface area (Å²) in [5.41, 5.74) is 18.8. The third-order valence-electron chi connectivity index (χ3n) is 16.2. The molecular formula is C70H45N3O2S2. The highest BCUT2D eigenvalue weighted by Gasteiger charge is 2.53. The van der Waals surface area contributed by atoms with Crippen LogP contribution >= 0.6 is 22.7 Å². The van der Waals surface area contributed by atoms with Crippen LogP contribution in [0.3, 0.4) is 0 Å². The molecule has 4 aliphatic carbocycles. The molecular weight excluding hydrogens is 979 g/mol. The zero-order chi connectivity index (χ0) is 53.1. The van der Waals surface area contributed by atoms with E-state index in [1.807, 2.05) is 54.6 Å². The van der Waals surface area contributed by atoms with E-state index in [1.165, 1.54) is 0 Å². The number of nitriles is 1. The van der Waals surface area contributed by atoms with E-state index in [0.29, 0.717) is 44.7 Å². The maximum Gasteiger partial charge on any atom is 0.270 e. The highest BCUT2D eigenvalue weighted by molar-refractivity contribution is 7.17. The third kappa shape index (κ3) is 6.80. The minimum Gasteiger partial charge on any atom is -0.289 e. The van der Waals surface area contributed by atoms with Crippen molar-refractivity contribution < 1.29 is 9.59 Å². The molecule has 0 unspecified atom stereocenters. The number of Topliss-reactive ketones (excluding diaryl/α,β-unsaturated/α-hetero) is 2. The highest BCUT2D eigenvalue weighted by atomic mass is 32.1. The number of hydrogen-bond donors (Lipinski definition) is 0. The lowest BCUT2D eigenvalue weighted by Crippen LogP contribution is -2.30. The van der Waals surface area contributed by atoms with Crippen molar-refractivity contribution in [3.8, 4) is 27.0 Å². The van der Waals surface area contributed by atoms with Crippen LogP contribution in [0.25, 0.3) is 53.9 Å². The molecule has 0 N–H and O–H groups in total. The lowest BCUT2D eigenvalue weighted by molar-refractivity contribution is 0.103. The maximum atomic E-state index is 14.5. The summed E-state index contributed by atoms with van der Waals surface area (Å²) >= 11 is 3.32. The number of rotatable bonds is 6. The summed E-state index contributed by atoms with van der Waals surface area (Å²) in [6.45, 7) is 26.3. The molecule has 0 fully saturated rings. The number of hydrogen-bond acceptors (Lipinski definition) is 5. The van der Waals surface area contributed by atoms with Gasteiger partial charge in [0.05, 0.1) is 30.0 Å². The first-order chi connectivity index (χ1) is 37.4. The molecule has 0 saturated carbocycles. The summed E-state index contributed by atoms with van der Waals surface area (Å²) in [5, 5.41) is 10.3. The molecule has 4 aliphatic rings. The van der Waals surface area contributed by atoms with E-state index in [1.54, 1.807) is 35.7 Å². The minimum atomic E-state index is -0.829. The summed E-state index contributed by atoms with van der Waals surface area (Å²) in [5.74, 6) is -0.290. The number of benzene rings is 7. The average molecular weight is 1020 g/mol. The summed E-state index contributed by atoms with van der Waals surface area (Å²) in [7, 11) is 0. The second-order valence-corrected chi connectivity index (χ2v) is 22.7. The van der Waals surface area contributed by atoms with Crippen molar-refractivity contribution in [3.05, 3.63) is 314 Å². The maximum absolute atomic E-state index is 14.5. The fourth-order valence-electron chi connectivity index (χ4n) is 12.6. The van der Waals surface area contributed by atoms with Crippen LogP contribution in [0.15, 0.2) is 192 Å². The van der Waals surface area contributed by atoms with E-state index in [4.69, 9.17) is 13.1 Å². The zero-order valence-electron chi connectivity index (χ0n) is 42.8. The fraction of sp³-hybridized carbons (Fsp3) is 0.100. The molecule has 0 aliphatic heterocycles. The molecule has 0 bridgehead atoms. The summed E-state index contributed by atoms with van der Waals surface area (Å²) in [6, 6.07) is 61.9. The van der Waals surface area contributed by atoms with Crippen LogP contribution in [0.1, 0.15) is 115 Å². The van der Waals surface area contributed by atoms with Crippen molar-refractivity contribution in [2.75, 3.05) is 0 Å². The van der Waals surface area contributed by atoms with Crippen molar-refractivity contribution in [1.29, 1.82) is 5.26 Å². The van der Waals surface area contributed by atoms with Gasteiger partial charge in [0.1, 0.15) is 0 Å². The van der Waals surface area contributed by atoms with E-state index in [2.05, 4.69) is 165 Å². The van der Waals surface area contributed by atoms with Gasteiger partial charge < -0.3 is 0 Å². The number of carbonyl (C=O) groups is 2. The van der Waals surface area contributed by atoms with Crippen LogP contribution in [0.4, 0.5) is 0 Å². The molecule has 7 aromatic carbocycles. The first-order valence-electron chi connectivity index (χ1n) is 25.5. The highest BCUT2D eigenvalue weighted by Crippen LogP contribution is 2.65. The molecule has 2 heterocycles. The van der Waals surface area contributed by atoms with Gasteiger partial charge in [-0.1, -0.05) is 168 Å². The fourth-order valence-corrected chi connectivity index (χ4v) is 15.0. The molecule has 13 rings (SSSR count). The molecule has 0 saturated heterocycles. The van der Waals surface area contributed by atoms with Gasteiger partial charge in [0.15, 0.2) is 17.3 Å². The normalized spacial score (nSPS) is 17.2. The Bertz CT molecular complexity index is 4250. The summed E-state index contributed by atoms with van der Waals surface area (Å²) in [4.78, 5) is 40.4. The third-order valence-corrected chi connectivity index (χ3v) is 18.4. The number of aryl methyl sites for hydroxylation is 4. The Balaban J connectivity index is 1.13. The molecule has 364 valence electrons. The van der Waals surface area contributed by atoms with E-state index in [0.717, 1.165) is 103 Å². The van der Waals surface area contributed by atoms with Gasteiger partial charge in [-0.15, -0.1) is 22.7 Å². The zero-order valence-corrected chi connectivity index (χ0v) is 44.4. The lowest BCUT2D eigenvalue weighted by atomic mass is 9.65. The van der Waals surface area contributed by atoms with Crippen LogP contribution in [0.5, 0.6) is 0 Å². The lowest BCUT2D eigenvalue weighted by Gasteiger charge is -2.35. The molecule has 0 amide bonds. The number of carbonyl (C=O) groups excluding carboxylic acids is 2. The second kappa shape index (κ2) is 17.7. The monoisotopic (exact) mass is 1020 g/mol. The largest absolute Gasteiger partial charge is 0.289 e. The summed E-state index contributed by atoms with van der Waals surface area (Å²) in [6.07, 6.45) is 3.91. The van der Waals surface area contributed by atoms with Gasteiger partial charge >= 0.3 is 0 Å². The van der Waals surface area contributed by atoms with Gasteiger partial charge in [-0.25, -0.2) is 15.0 Å². The minimum absolute atomic E-state index is 0.0816. The Morgan fingerprint density at radius 2 is 0.818 bits per heavy atom. The van der Waals surface area contributed by atoms with Crippen LogP contribution in [0.2, 0.25) is 0 Å². The quantitative estimate of drug-likeness (QED) is 0.0947. The van der Waals surface area contributed by atoms with E-state index in [-0.39, 0.29) is 17.3 Å². The van der Waals surface area contributed by atoms with E-state index in [9.17, 15) is 14.9 Å². The molecule has 7 heteroatoms. The smallest absolute Gasteiger partial charge is 0.270 e. The Labute approximate surface area is 456 Å². The van der Waals surface area contributed by atoms with Gasteiger partial charge in [-0.3, -0.25) is 9.59 Å². The van der Waals surface area contributed by atoms with Crippen LogP contribution in [-0.4, -0.2) is 11.6 Å². The first-order valence-corrected chi connectivity index (χ1v) is 27.1. The van der Waals surface area contributed by atoms with Gasteiger partial charge in [0.25, 0.3) is 5.70 Å². The average Bonchev–Trinajstić information content (AvgIpc) is 4.08. The molecule has 77 heavy (non-hydrogen) atoms. The van der Waals surface area contributed by atoms with Crippen molar-refractivity contribution in [2.45, 2.75) is 45.4 Å². The Kier molecular flexibility index (Phi) is 10.9. The van der Waals surface area contributed by atoms with Crippen LogP contribution in [0, 0.1) is 52.2 Å². The molecule has 2 aromatic heterocycles. The van der Waals surface area contributed by atoms with Crippen molar-refractivity contribution in [3.63, 3.8) is 0 Å². The molecule has 9 aromatic rings. The van der Waals surface area contributed by atoms with Crippen molar-refractivity contribution in [1.82, 2.24) is 0 Å². The number of ketones is 2. The Hall–Kier alpha value is -9.29. The standard InChI is InChI=1S/C70H45N3O2S2/c1-39-16-24-44(25-17-39)69(45-26-18-40(2)19-27-45)58-37-55-59(36-54(58)67-60(69)34-48(76-67)32-56-63(43(5)72-6)50-12-8-10-14-52(50)65(56)74)70(46-28-20-41(3)21-29-46,47-30-22-42(4)23-31-47)61-35-49(77-68(55)61)33-57-64(62(38-71)73-7)51-13-9-11-15-53(51)66(57)75/h8-37H,1-5H3/b56-32-,57-33-,63-43?,64-62+. The summed E-state index contributed by atoms with van der Waals surface area (Å²) < 4.78 is 0. The van der Waals surface area contributed by atoms with E-state index >= 15 is 0 Å². The van der Waals surface area contributed by atoms with Crippen LogP contribution < -0.4 is 0 Å². The van der Waals surface area contributed by atoms with Gasteiger partial charge in [0.2, 0.25) is 0 Å². The van der Waals surface area contributed by atoms with Crippen molar-refractivity contribution >= 4 is 57.5 Å². The number of thiophene rings is 2. The predicted molar refractivity (Wildman–Crippen MR) is 312 cm³/mol. The Morgan fingerprint density at radius 1 is 0.468 bits per heavy atom. The molecule has 5 nitrogen and oxygen atoms in total. The topological polar surface area (TPSA) is 66.7 Å². The predicted octanol–water partition coefficient (Wildman–Crippen LogP) is 17.1. The number of nitrogens with zero attached hydrogens (tertiary/aromatic N) is 3.